The lowest BCUT2D eigenvalue weighted by atomic mass is 10.0. The first kappa shape index (κ1) is 23.7. The third kappa shape index (κ3) is 8.00. The molecule has 0 spiro atoms. The number of esters is 1. The molecule has 0 saturated heterocycles. The Labute approximate surface area is 176 Å². The van der Waals surface area contributed by atoms with E-state index in [1.54, 1.807) is 44.2 Å². The zero-order chi connectivity index (χ0) is 23.0. The molecule has 0 aromatic heterocycles. The minimum absolute atomic E-state index is 0.188. The molecule has 0 unspecified atom stereocenters. The molecule has 10 heteroatoms. The second-order valence-electron chi connectivity index (χ2n) is 6.79. The van der Waals surface area contributed by atoms with E-state index in [1.807, 2.05) is 0 Å². The van der Waals surface area contributed by atoms with Crippen molar-refractivity contribution < 1.29 is 37.0 Å². The number of benzene rings is 2. The number of amides is 2. The third-order valence-corrected chi connectivity index (χ3v) is 3.96. The number of hydrogen-bond acceptors (Lipinski definition) is 5. The molecule has 0 bridgehead atoms. The maximum absolute atomic E-state index is 12.3. The highest BCUT2D eigenvalue weighted by atomic mass is 19.4. The van der Waals surface area contributed by atoms with Crippen LogP contribution < -0.4 is 15.4 Å². The average molecular weight is 438 g/mol. The zero-order valence-corrected chi connectivity index (χ0v) is 16.7. The molecular formula is C21H21F3N2O5. The summed E-state index contributed by atoms with van der Waals surface area (Å²) in [5.41, 5.74) is 0.560. The van der Waals surface area contributed by atoms with E-state index in [0.717, 1.165) is 12.1 Å². The molecule has 31 heavy (non-hydrogen) atoms. The van der Waals surface area contributed by atoms with Crippen molar-refractivity contribution >= 4 is 23.5 Å². The summed E-state index contributed by atoms with van der Waals surface area (Å²) in [7, 11) is 0. The molecule has 0 radical (unpaired) electrons. The molecule has 0 saturated carbocycles. The van der Waals surface area contributed by atoms with Gasteiger partial charge in [0.25, 0.3) is 11.8 Å². The van der Waals surface area contributed by atoms with Crippen LogP contribution in [0.4, 0.5) is 18.9 Å². The van der Waals surface area contributed by atoms with Gasteiger partial charge >= 0.3 is 12.3 Å². The predicted molar refractivity (Wildman–Crippen MR) is 105 cm³/mol. The normalized spacial score (nSPS) is 12.1. The third-order valence-electron chi connectivity index (χ3n) is 3.96. The van der Waals surface area contributed by atoms with Crippen molar-refractivity contribution in [3.05, 3.63) is 60.2 Å². The van der Waals surface area contributed by atoms with E-state index in [0.29, 0.717) is 5.56 Å². The van der Waals surface area contributed by atoms with Gasteiger partial charge in [-0.05, 0) is 42.3 Å². The Kier molecular flexibility index (Phi) is 8.00. The van der Waals surface area contributed by atoms with Crippen LogP contribution in [0.2, 0.25) is 0 Å². The summed E-state index contributed by atoms with van der Waals surface area (Å²) >= 11 is 0. The summed E-state index contributed by atoms with van der Waals surface area (Å²) in [5.74, 6) is -2.68. The highest BCUT2D eigenvalue weighted by Gasteiger charge is 2.31. The van der Waals surface area contributed by atoms with Crippen molar-refractivity contribution in [3.8, 4) is 5.75 Å². The average Bonchev–Trinajstić information content (AvgIpc) is 2.71. The minimum atomic E-state index is -4.82. The van der Waals surface area contributed by atoms with Gasteiger partial charge in [-0.25, -0.2) is 4.79 Å². The van der Waals surface area contributed by atoms with E-state index in [9.17, 15) is 27.6 Å². The van der Waals surface area contributed by atoms with Crippen LogP contribution in [0.25, 0.3) is 0 Å². The second kappa shape index (κ2) is 10.5. The highest BCUT2D eigenvalue weighted by Crippen LogP contribution is 2.23. The molecule has 2 aromatic rings. The number of carbonyl (C=O) groups excluding carboxylic acids is 3. The van der Waals surface area contributed by atoms with Crippen molar-refractivity contribution in [3.63, 3.8) is 0 Å². The lowest BCUT2D eigenvalue weighted by Crippen LogP contribution is -2.45. The SMILES string of the molecule is CC(C)[C@H](NC(=O)c1ccccc1)C(=O)OCC(=O)Nc1ccc(OC(F)(F)F)cc1. The Morgan fingerprint density at radius 2 is 1.58 bits per heavy atom. The summed E-state index contributed by atoms with van der Waals surface area (Å²) in [5, 5.41) is 4.96. The topological polar surface area (TPSA) is 93.7 Å². The summed E-state index contributed by atoms with van der Waals surface area (Å²) in [4.78, 5) is 36.6. The first-order valence-electron chi connectivity index (χ1n) is 9.23. The molecular weight excluding hydrogens is 417 g/mol. The van der Waals surface area contributed by atoms with Crippen LogP contribution in [0, 0.1) is 5.92 Å². The quantitative estimate of drug-likeness (QED) is 0.615. The Morgan fingerprint density at radius 3 is 2.13 bits per heavy atom. The van der Waals surface area contributed by atoms with E-state index >= 15 is 0 Å². The fraction of sp³-hybridized carbons (Fsp3) is 0.286. The number of carbonyl (C=O) groups is 3. The number of rotatable bonds is 8. The smallest absolute Gasteiger partial charge is 0.454 e. The van der Waals surface area contributed by atoms with Crippen molar-refractivity contribution in [2.75, 3.05) is 11.9 Å². The summed E-state index contributed by atoms with van der Waals surface area (Å²) in [6, 6.07) is 11.8. The van der Waals surface area contributed by atoms with Gasteiger partial charge in [0.1, 0.15) is 11.8 Å². The Balaban J connectivity index is 1.87. The number of ether oxygens (including phenoxy) is 2. The fourth-order valence-corrected chi connectivity index (χ4v) is 2.48. The maximum Gasteiger partial charge on any atom is 0.573 e. The van der Waals surface area contributed by atoms with Gasteiger partial charge in [-0.3, -0.25) is 9.59 Å². The summed E-state index contributed by atoms with van der Waals surface area (Å²) in [6.07, 6.45) is -4.82. The molecule has 2 aromatic carbocycles. The lowest BCUT2D eigenvalue weighted by molar-refractivity contribution is -0.274. The van der Waals surface area contributed by atoms with Gasteiger partial charge in [0.2, 0.25) is 0 Å². The van der Waals surface area contributed by atoms with Gasteiger partial charge in [0.15, 0.2) is 6.61 Å². The minimum Gasteiger partial charge on any atom is -0.454 e. The van der Waals surface area contributed by atoms with E-state index in [4.69, 9.17) is 4.74 Å². The fourth-order valence-electron chi connectivity index (χ4n) is 2.48. The van der Waals surface area contributed by atoms with Crippen LogP contribution >= 0.6 is 0 Å². The maximum atomic E-state index is 12.3. The molecule has 0 aliphatic heterocycles. The first-order chi connectivity index (χ1) is 14.5. The van der Waals surface area contributed by atoms with Gasteiger partial charge in [-0.1, -0.05) is 32.0 Å². The van der Waals surface area contributed by atoms with Crippen molar-refractivity contribution in [2.45, 2.75) is 26.3 Å². The van der Waals surface area contributed by atoms with E-state index in [-0.39, 0.29) is 11.6 Å². The number of nitrogens with one attached hydrogen (secondary N) is 2. The molecule has 166 valence electrons. The standard InChI is InChI=1S/C21H21F3N2O5/c1-13(2)18(26-19(28)14-6-4-3-5-7-14)20(29)30-12-17(27)25-15-8-10-16(11-9-15)31-21(22,23)24/h3-11,13,18H,12H2,1-2H3,(H,25,27)(H,26,28)/t18-/m0/s1. The van der Waals surface area contributed by atoms with Gasteiger partial charge < -0.3 is 20.1 Å². The zero-order valence-electron chi connectivity index (χ0n) is 16.7. The van der Waals surface area contributed by atoms with Crippen LogP contribution in [0.5, 0.6) is 5.75 Å². The van der Waals surface area contributed by atoms with E-state index < -0.39 is 42.5 Å². The van der Waals surface area contributed by atoms with Crippen LogP contribution in [0.3, 0.4) is 0 Å². The van der Waals surface area contributed by atoms with E-state index in [1.165, 1.54) is 12.1 Å². The van der Waals surface area contributed by atoms with Gasteiger partial charge in [-0.2, -0.15) is 0 Å². The second-order valence-corrected chi connectivity index (χ2v) is 6.79. The molecule has 1 atom stereocenters. The largest absolute Gasteiger partial charge is 0.573 e. The number of anilines is 1. The van der Waals surface area contributed by atoms with Crippen LogP contribution in [-0.4, -0.2) is 36.8 Å². The molecule has 0 fully saturated rings. The molecule has 0 aliphatic rings. The Bertz CT molecular complexity index is 899. The summed E-state index contributed by atoms with van der Waals surface area (Å²) in [6.45, 7) is 2.79. The molecule has 7 nitrogen and oxygen atoms in total. The number of alkyl halides is 3. The molecule has 2 rings (SSSR count). The van der Waals surface area contributed by atoms with Crippen LogP contribution in [-0.2, 0) is 14.3 Å². The molecule has 0 aliphatic carbocycles. The first-order valence-corrected chi connectivity index (χ1v) is 9.23. The molecule has 2 amide bonds. The van der Waals surface area contributed by atoms with Gasteiger partial charge in [-0.15, -0.1) is 13.2 Å². The van der Waals surface area contributed by atoms with Crippen molar-refractivity contribution in [1.82, 2.24) is 5.32 Å². The summed E-state index contributed by atoms with van der Waals surface area (Å²) < 4.78 is 45.2. The van der Waals surface area contributed by atoms with E-state index in [2.05, 4.69) is 15.4 Å². The van der Waals surface area contributed by atoms with Gasteiger partial charge in [0.05, 0.1) is 0 Å². The van der Waals surface area contributed by atoms with Crippen LogP contribution in [0.15, 0.2) is 54.6 Å². The van der Waals surface area contributed by atoms with Crippen molar-refractivity contribution in [2.24, 2.45) is 5.92 Å². The number of halogens is 3. The highest BCUT2D eigenvalue weighted by molar-refractivity contribution is 5.97. The molecule has 0 heterocycles. The Morgan fingerprint density at radius 1 is 0.968 bits per heavy atom. The van der Waals surface area contributed by atoms with Crippen molar-refractivity contribution in [1.29, 1.82) is 0 Å². The molecule has 2 N–H and O–H groups in total. The Hall–Kier alpha value is -3.56. The lowest BCUT2D eigenvalue weighted by Gasteiger charge is -2.20. The number of hydrogen-bond donors (Lipinski definition) is 2. The van der Waals surface area contributed by atoms with Gasteiger partial charge in [0, 0.05) is 11.3 Å². The monoisotopic (exact) mass is 438 g/mol. The van der Waals surface area contributed by atoms with Crippen LogP contribution in [0.1, 0.15) is 24.2 Å². The predicted octanol–water partition coefficient (Wildman–Crippen LogP) is 3.52.